The van der Waals surface area contributed by atoms with E-state index in [4.69, 9.17) is 0 Å². The van der Waals surface area contributed by atoms with E-state index >= 15 is 0 Å². The Morgan fingerprint density at radius 2 is 1.79 bits per heavy atom. The molecule has 10 heteroatoms. The van der Waals surface area contributed by atoms with Gasteiger partial charge in [-0.25, -0.2) is 18.4 Å². The van der Waals surface area contributed by atoms with Crippen LogP contribution >= 0.6 is 0 Å². The second-order valence-corrected chi connectivity index (χ2v) is 9.15. The normalized spacial score (nSPS) is 12.2. The summed E-state index contributed by atoms with van der Waals surface area (Å²) in [6.45, 7) is 4.76. The first-order valence-corrected chi connectivity index (χ1v) is 10.8. The third-order valence-corrected chi connectivity index (χ3v) is 5.95. The summed E-state index contributed by atoms with van der Waals surface area (Å²) in [6.07, 6.45) is -0.648. The van der Waals surface area contributed by atoms with Gasteiger partial charge < -0.3 is 5.32 Å². The number of aryl methyl sites for hydroxylation is 1. The van der Waals surface area contributed by atoms with Crippen LogP contribution in [0.25, 0.3) is 0 Å². The monoisotopic (exact) mass is 430 g/mol. The van der Waals surface area contributed by atoms with Gasteiger partial charge in [0.2, 0.25) is 16.0 Å². The van der Waals surface area contributed by atoms with Gasteiger partial charge in [-0.1, -0.05) is 25.5 Å². The molecular formula is C19H25F3N4O2S. The Labute approximate surface area is 169 Å². The van der Waals surface area contributed by atoms with Crippen LogP contribution in [0.3, 0.4) is 0 Å². The molecule has 0 atom stereocenters. The van der Waals surface area contributed by atoms with Crippen molar-refractivity contribution >= 4 is 21.7 Å². The van der Waals surface area contributed by atoms with Crippen molar-refractivity contribution in [2.45, 2.75) is 58.0 Å². The van der Waals surface area contributed by atoms with Gasteiger partial charge in [-0.2, -0.15) is 13.2 Å². The first kappa shape index (κ1) is 22.9. The van der Waals surface area contributed by atoms with Gasteiger partial charge in [0.15, 0.2) is 5.69 Å². The van der Waals surface area contributed by atoms with Crippen LogP contribution in [0.15, 0.2) is 30.5 Å². The van der Waals surface area contributed by atoms with Crippen LogP contribution in [0, 0.1) is 0 Å². The highest BCUT2D eigenvalue weighted by molar-refractivity contribution is 7.93. The standard InChI is InChI=1S/C19H25F3N4O2S/c1-4-5-6-14-7-9-16(10-8-14)23-11-15-12-24-18(25-17(15)19(20,21)22)26-29(27,28)13(2)3/h7-10,12-13,23H,4-6,11H2,1-3H3,(H,24,25,26). The number of nitrogens with one attached hydrogen (secondary N) is 2. The summed E-state index contributed by atoms with van der Waals surface area (Å²) in [5.74, 6) is -0.602. The van der Waals surface area contributed by atoms with Crippen molar-refractivity contribution in [2.75, 3.05) is 10.0 Å². The van der Waals surface area contributed by atoms with Gasteiger partial charge in [0, 0.05) is 24.0 Å². The molecule has 0 aliphatic rings. The Balaban J connectivity index is 2.17. The molecule has 0 saturated heterocycles. The van der Waals surface area contributed by atoms with Gasteiger partial charge in [0.25, 0.3) is 0 Å². The van der Waals surface area contributed by atoms with Gasteiger partial charge >= 0.3 is 6.18 Å². The minimum atomic E-state index is -4.75. The fourth-order valence-electron chi connectivity index (χ4n) is 2.44. The number of hydrogen-bond acceptors (Lipinski definition) is 5. The molecule has 2 N–H and O–H groups in total. The van der Waals surface area contributed by atoms with Crippen LogP contribution < -0.4 is 10.0 Å². The number of alkyl halides is 3. The zero-order valence-electron chi connectivity index (χ0n) is 16.5. The predicted molar refractivity (Wildman–Crippen MR) is 107 cm³/mol. The highest BCUT2D eigenvalue weighted by Crippen LogP contribution is 2.31. The van der Waals surface area contributed by atoms with Crippen molar-refractivity contribution in [3.63, 3.8) is 0 Å². The van der Waals surface area contributed by atoms with E-state index in [1.807, 2.05) is 29.0 Å². The van der Waals surface area contributed by atoms with E-state index in [9.17, 15) is 21.6 Å². The lowest BCUT2D eigenvalue weighted by atomic mass is 10.1. The lowest BCUT2D eigenvalue weighted by Gasteiger charge is -2.15. The maximum Gasteiger partial charge on any atom is 0.433 e. The van der Waals surface area contributed by atoms with Crippen molar-refractivity contribution in [3.05, 3.63) is 47.3 Å². The summed E-state index contributed by atoms with van der Waals surface area (Å²) in [5.41, 5.74) is 0.475. The quantitative estimate of drug-likeness (QED) is 0.607. The molecule has 2 rings (SSSR count). The summed E-state index contributed by atoms with van der Waals surface area (Å²) >= 11 is 0. The van der Waals surface area contributed by atoms with Gasteiger partial charge in [-0.15, -0.1) is 0 Å². The molecule has 0 fully saturated rings. The summed E-state index contributed by atoms with van der Waals surface area (Å²) in [6, 6.07) is 7.49. The summed E-state index contributed by atoms with van der Waals surface area (Å²) in [5, 5.41) is 2.09. The lowest BCUT2D eigenvalue weighted by Crippen LogP contribution is -2.25. The van der Waals surface area contributed by atoms with Crippen molar-refractivity contribution in [1.29, 1.82) is 0 Å². The van der Waals surface area contributed by atoms with E-state index in [-0.39, 0.29) is 12.1 Å². The van der Waals surface area contributed by atoms with Crippen LogP contribution in [0.2, 0.25) is 0 Å². The van der Waals surface area contributed by atoms with E-state index in [2.05, 4.69) is 22.2 Å². The number of rotatable bonds is 9. The smallest absolute Gasteiger partial charge is 0.381 e. The molecule has 2 aromatic rings. The summed E-state index contributed by atoms with van der Waals surface area (Å²) in [4.78, 5) is 7.14. The van der Waals surface area contributed by atoms with Crippen molar-refractivity contribution in [1.82, 2.24) is 9.97 Å². The molecule has 1 heterocycles. The molecule has 29 heavy (non-hydrogen) atoms. The SMILES string of the molecule is CCCCc1ccc(NCc2cnc(NS(=O)(=O)C(C)C)nc2C(F)(F)F)cc1. The molecule has 160 valence electrons. The zero-order chi connectivity index (χ0) is 21.7. The largest absolute Gasteiger partial charge is 0.433 e. The second kappa shape index (κ2) is 9.43. The number of nitrogens with zero attached hydrogens (tertiary/aromatic N) is 2. The molecule has 0 amide bonds. The molecule has 0 spiro atoms. The molecule has 1 aromatic carbocycles. The highest BCUT2D eigenvalue weighted by atomic mass is 32.2. The third kappa shape index (κ3) is 6.59. The van der Waals surface area contributed by atoms with E-state index in [0.717, 1.165) is 25.5 Å². The molecule has 6 nitrogen and oxygen atoms in total. The Morgan fingerprint density at radius 1 is 1.14 bits per heavy atom. The minimum Gasteiger partial charge on any atom is -0.381 e. The van der Waals surface area contributed by atoms with E-state index in [0.29, 0.717) is 5.69 Å². The average Bonchev–Trinajstić information content (AvgIpc) is 2.65. The van der Waals surface area contributed by atoms with Gasteiger partial charge in [0.05, 0.1) is 5.25 Å². The number of aromatic nitrogens is 2. The first-order valence-electron chi connectivity index (χ1n) is 9.30. The van der Waals surface area contributed by atoms with Crippen LogP contribution in [0.4, 0.5) is 24.8 Å². The second-order valence-electron chi connectivity index (χ2n) is 6.92. The minimum absolute atomic E-state index is 0.152. The number of sulfonamides is 1. The number of hydrogen-bond donors (Lipinski definition) is 2. The first-order chi connectivity index (χ1) is 13.5. The number of anilines is 2. The molecule has 0 unspecified atom stereocenters. The van der Waals surface area contributed by atoms with E-state index in [1.54, 1.807) is 0 Å². The maximum atomic E-state index is 13.4. The molecule has 0 saturated carbocycles. The maximum absolute atomic E-state index is 13.4. The number of halogens is 3. The van der Waals surface area contributed by atoms with Crippen molar-refractivity contribution < 1.29 is 21.6 Å². The van der Waals surface area contributed by atoms with E-state index in [1.165, 1.54) is 19.4 Å². The topological polar surface area (TPSA) is 84.0 Å². The van der Waals surface area contributed by atoms with Crippen LogP contribution in [-0.4, -0.2) is 23.6 Å². The average molecular weight is 430 g/mol. The van der Waals surface area contributed by atoms with Crippen LogP contribution in [-0.2, 0) is 29.2 Å². The Kier molecular flexibility index (Phi) is 7.45. The lowest BCUT2D eigenvalue weighted by molar-refractivity contribution is -0.141. The molecular weight excluding hydrogens is 405 g/mol. The van der Waals surface area contributed by atoms with Gasteiger partial charge in [0.1, 0.15) is 0 Å². The van der Waals surface area contributed by atoms with Crippen LogP contribution in [0.5, 0.6) is 0 Å². The highest BCUT2D eigenvalue weighted by Gasteiger charge is 2.36. The van der Waals surface area contributed by atoms with Crippen molar-refractivity contribution in [3.8, 4) is 0 Å². The van der Waals surface area contributed by atoms with Gasteiger partial charge in [-0.05, 0) is 44.4 Å². The molecule has 0 bridgehead atoms. The predicted octanol–water partition coefficient (Wildman–Crippen LogP) is 4.60. The summed E-state index contributed by atoms with van der Waals surface area (Å²) < 4.78 is 66.0. The molecule has 0 aliphatic carbocycles. The summed E-state index contributed by atoms with van der Waals surface area (Å²) in [7, 11) is -3.85. The number of unbranched alkanes of at least 4 members (excludes halogenated alkanes) is 1. The third-order valence-electron chi connectivity index (χ3n) is 4.24. The zero-order valence-corrected chi connectivity index (χ0v) is 17.4. The fourth-order valence-corrected chi connectivity index (χ4v) is 3.03. The molecule has 0 aliphatic heterocycles. The fraction of sp³-hybridized carbons (Fsp3) is 0.474. The molecule has 1 aromatic heterocycles. The Hall–Kier alpha value is -2.36. The van der Waals surface area contributed by atoms with E-state index < -0.39 is 33.1 Å². The Bertz CT molecular complexity index is 914. The van der Waals surface area contributed by atoms with Gasteiger partial charge in [-0.3, -0.25) is 4.72 Å². The van der Waals surface area contributed by atoms with Crippen molar-refractivity contribution in [2.24, 2.45) is 0 Å². The van der Waals surface area contributed by atoms with Crippen LogP contribution in [0.1, 0.15) is 50.4 Å². The Morgan fingerprint density at radius 3 is 2.34 bits per heavy atom. The molecule has 0 radical (unpaired) electrons. The number of benzene rings is 1.